The molecule has 0 radical (unpaired) electrons. The summed E-state index contributed by atoms with van der Waals surface area (Å²) in [5.41, 5.74) is 2.22. The highest BCUT2D eigenvalue weighted by Gasteiger charge is 2.31. The molecule has 2 heterocycles. The number of ether oxygens (including phenoxy) is 1. The third kappa shape index (κ3) is 5.44. The molecule has 0 N–H and O–H groups in total. The van der Waals surface area contributed by atoms with E-state index < -0.39 is 31.4 Å². The SMILES string of the molecule is COc1c(F)cccc1-c1cn(S(=O)(=O)c2ccc(C)cc2)c2ncc(-c3cccc(S(=O)(=O)N(C)C(C)(C)C)c3)cc12. The average molecular weight is 622 g/mol. The summed E-state index contributed by atoms with van der Waals surface area (Å²) in [5.74, 6) is -0.648. The van der Waals surface area contributed by atoms with Gasteiger partial charge in [-0.2, -0.15) is 4.31 Å². The van der Waals surface area contributed by atoms with Crippen LogP contribution in [0, 0.1) is 12.7 Å². The van der Waals surface area contributed by atoms with Crippen LogP contribution < -0.4 is 4.74 Å². The van der Waals surface area contributed by atoms with Gasteiger partial charge >= 0.3 is 0 Å². The Morgan fingerprint density at radius 1 is 0.860 bits per heavy atom. The third-order valence-electron chi connectivity index (χ3n) is 7.42. The third-order valence-corrected chi connectivity index (χ3v) is 11.2. The van der Waals surface area contributed by atoms with Crippen molar-refractivity contribution >= 4 is 31.1 Å². The van der Waals surface area contributed by atoms with Crippen LogP contribution in [0.5, 0.6) is 5.75 Å². The first-order valence-electron chi connectivity index (χ1n) is 13.4. The van der Waals surface area contributed by atoms with Gasteiger partial charge < -0.3 is 4.74 Å². The highest BCUT2D eigenvalue weighted by molar-refractivity contribution is 7.90. The van der Waals surface area contributed by atoms with Crippen LogP contribution in [0.25, 0.3) is 33.3 Å². The van der Waals surface area contributed by atoms with E-state index in [2.05, 4.69) is 4.98 Å². The quantitative estimate of drug-likeness (QED) is 0.206. The fourth-order valence-corrected chi connectivity index (χ4v) is 7.63. The molecule has 3 aromatic carbocycles. The van der Waals surface area contributed by atoms with Crippen LogP contribution in [-0.4, -0.2) is 49.8 Å². The van der Waals surface area contributed by atoms with Gasteiger partial charge in [-0.3, -0.25) is 0 Å². The van der Waals surface area contributed by atoms with Gasteiger partial charge in [-0.15, -0.1) is 0 Å². The summed E-state index contributed by atoms with van der Waals surface area (Å²) < 4.78 is 77.0. The Bertz CT molecular complexity index is 2060. The molecule has 43 heavy (non-hydrogen) atoms. The van der Waals surface area contributed by atoms with Crippen molar-refractivity contribution in [1.82, 2.24) is 13.3 Å². The second-order valence-electron chi connectivity index (χ2n) is 11.2. The molecule has 8 nitrogen and oxygen atoms in total. The Labute approximate surface area is 251 Å². The molecule has 0 aliphatic carbocycles. The Balaban J connectivity index is 1.75. The van der Waals surface area contributed by atoms with E-state index in [1.165, 1.54) is 61.2 Å². The molecular weight excluding hydrogens is 590 g/mol. The molecule has 0 aliphatic heterocycles. The van der Waals surface area contributed by atoms with E-state index in [1.54, 1.807) is 42.5 Å². The topological polar surface area (TPSA) is 98.6 Å². The van der Waals surface area contributed by atoms with Gasteiger partial charge in [0.1, 0.15) is 0 Å². The zero-order valence-corrected chi connectivity index (χ0v) is 26.3. The lowest BCUT2D eigenvalue weighted by atomic mass is 10.0. The van der Waals surface area contributed by atoms with Crippen molar-refractivity contribution in [3.8, 4) is 28.0 Å². The summed E-state index contributed by atoms with van der Waals surface area (Å²) in [7, 11) is -5.03. The van der Waals surface area contributed by atoms with E-state index in [4.69, 9.17) is 4.74 Å². The molecule has 0 fully saturated rings. The van der Waals surface area contributed by atoms with Crippen molar-refractivity contribution in [3.63, 3.8) is 0 Å². The molecular formula is C32H32FN3O5S2. The number of pyridine rings is 1. The van der Waals surface area contributed by atoms with Crippen LogP contribution >= 0.6 is 0 Å². The maximum absolute atomic E-state index is 14.8. The number of halogens is 1. The maximum Gasteiger partial charge on any atom is 0.269 e. The van der Waals surface area contributed by atoms with E-state index in [1.807, 2.05) is 27.7 Å². The number of benzene rings is 3. The molecule has 5 aromatic rings. The number of nitrogens with zero attached hydrogens (tertiary/aromatic N) is 3. The second-order valence-corrected chi connectivity index (χ2v) is 15.0. The largest absolute Gasteiger partial charge is 0.493 e. The Morgan fingerprint density at radius 2 is 1.53 bits per heavy atom. The number of rotatable bonds is 7. The molecule has 224 valence electrons. The highest BCUT2D eigenvalue weighted by Crippen LogP contribution is 2.40. The van der Waals surface area contributed by atoms with Crippen molar-refractivity contribution in [1.29, 1.82) is 0 Å². The van der Waals surface area contributed by atoms with Gasteiger partial charge in [0.2, 0.25) is 10.0 Å². The smallest absolute Gasteiger partial charge is 0.269 e. The monoisotopic (exact) mass is 621 g/mol. The summed E-state index contributed by atoms with van der Waals surface area (Å²) in [6, 6.07) is 19.1. The summed E-state index contributed by atoms with van der Waals surface area (Å²) in [4.78, 5) is 4.72. The molecule has 0 unspecified atom stereocenters. The number of sulfonamides is 1. The van der Waals surface area contributed by atoms with Crippen LogP contribution in [-0.2, 0) is 20.0 Å². The summed E-state index contributed by atoms with van der Waals surface area (Å²) in [6.45, 7) is 7.29. The average Bonchev–Trinajstić information content (AvgIpc) is 3.36. The first kappa shape index (κ1) is 30.4. The second kappa shape index (κ2) is 10.9. The number of aromatic nitrogens is 2. The Morgan fingerprint density at radius 3 is 2.19 bits per heavy atom. The maximum atomic E-state index is 14.8. The van der Waals surface area contributed by atoms with Crippen molar-refractivity contribution in [3.05, 3.63) is 96.6 Å². The summed E-state index contributed by atoms with van der Waals surface area (Å²) in [6.07, 6.45) is 2.91. The molecule has 0 aliphatic rings. The lowest BCUT2D eigenvalue weighted by molar-refractivity contribution is 0.292. The molecule has 0 saturated heterocycles. The molecule has 0 saturated carbocycles. The van der Waals surface area contributed by atoms with Crippen molar-refractivity contribution in [2.75, 3.05) is 14.2 Å². The zero-order valence-electron chi connectivity index (χ0n) is 24.7. The van der Waals surface area contributed by atoms with Crippen molar-refractivity contribution in [2.45, 2.75) is 43.0 Å². The van der Waals surface area contributed by atoms with Crippen molar-refractivity contribution in [2.24, 2.45) is 0 Å². The number of para-hydroxylation sites is 1. The molecule has 0 bridgehead atoms. The van der Waals surface area contributed by atoms with E-state index in [-0.39, 0.29) is 21.2 Å². The number of aryl methyl sites for hydroxylation is 1. The van der Waals surface area contributed by atoms with Gasteiger partial charge in [0.25, 0.3) is 10.0 Å². The van der Waals surface area contributed by atoms with Crippen LogP contribution in [0.4, 0.5) is 4.39 Å². The zero-order chi connectivity index (χ0) is 31.3. The van der Waals surface area contributed by atoms with Crippen LogP contribution in [0.15, 0.2) is 95.0 Å². The van der Waals surface area contributed by atoms with Gasteiger partial charge in [0, 0.05) is 47.1 Å². The van der Waals surface area contributed by atoms with E-state index in [9.17, 15) is 21.2 Å². The normalized spacial score (nSPS) is 12.7. The Hall–Kier alpha value is -4.06. The van der Waals surface area contributed by atoms with E-state index in [0.29, 0.717) is 27.6 Å². The fourth-order valence-electron chi connectivity index (χ4n) is 4.74. The Kier molecular flexibility index (Phi) is 7.70. The molecule has 0 amide bonds. The van der Waals surface area contributed by atoms with Gasteiger partial charge in [0.15, 0.2) is 17.2 Å². The fraction of sp³-hybridized carbons (Fsp3) is 0.219. The number of fused-ring (bicyclic) bond motifs is 1. The molecule has 0 atom stereocenters. The van der Waals surface area contributed by atoms with Gasteiger partial charge in [-0.1, -0.05) is 42.0 Å². The highest BCUT2D eigenvalue weighted by atomic mass is 32.2. The lowest BCUT2D eigenvalue weighted by Crippen LogP contribution is -2.42. The predicted molar refractivity (Wildman–Crippen MR) is 166 cm³/mol. The summed E-state index contributed by atoms with van der Waals surface area (Å²) >= 11 is 0. The van der Waals surface area contributed by atoms with Gasteiger partial charge in [-0.05, 0) is 69.7 Å². The van der Waals surface area contributed by atoms with E-state index >= 15 is 0 Å². The molecule has 5 rings (SSSR count). The minimum absolute atomic E-state index is 0.0435. The molecule has 0 spiro atoms. The summed E-state index contributed by atoms with van der Waals surface area (Å²) in [5, 5.41) is 0.414. The van der Waals surface area contributed by atoms with E-state index in [0.717, 1.165) is 9.54 Å². The van der Waals surface area contributed by atoms with Gasteiger partial charge in [-0.25, -0.2) is 30.2 Å². The van der Waals surface area contributed by atoms with Crippen LogP contribution in [0.1, 0.15) is 26.3 Å². The van der Waals surface area contributed by atoms with Crippen LogP contribution in [0.2, 0.25) is 0 Å². The minimum Gasteiger partial charge on any atom is -0.493 e. The lowest BCUT2D eigenvalue weighted by Gasteiger charge is -2.31. The first-order valence-corrected chi connectivity index (χ1v) is 16.3. The van der Waals surface area contributed by atoms with Crippen LogP contribution in [0.3, 0.4) is 0 Å². The number of methoxy groups -OCH3 is 1. The van der Waals surface area contributed by atoms with Crippen molar-refractivity contribution < 1.29 is 26.0 Å². The standard InChI is InChI=1S/C32H32FN3O5S2/c1-21-13-15-24(16-14-21)43(39,40)36-20-28(26-11-8-12-29(33)30(26)41-6)27-18-23(19-34-31(27)36)22-9-7-10-25(17-22)42(37,38)35(5)32(2,3)4/h7-20H,1-6H3. The predicted octanol–water partition coefficient (Wildman–Crippen LogP) is 6.48. The van der Waals surface area contributed by atoms with Gasteiger partial charge in [0.05, 0.1) is 16.9 Å². The first-order chi connectivity index (χ1) is 20.2. The molecule has 11 heteroatoms. The minimum atomic E-state index is -4.09. The number of hydrogen-bond acceptors (Lipinski definition) is 6. The number of hydrogen-bond donors (Lipinski definition) is 0. The molecule has 2 aromatic heterocycles.